The molecule has 3 atom stereocenters. The van der Waals surface area contributed by atoms with Crippen LogP contribution in [-0.4, -0.2) is 54.3 Å². The van der Waals surface area contributed by atoms with E-state index in [1.54, 1.807) is 12.1 Å². The molecule has 0 spiro atoms. The first-order valence-corrected chi connectivity index (χ1v) is 12.0. The molecule has 1 aliphatic rings. The summed E-state index contributed by atoms with van der Waals surface area (Å²) < 4.78 is 21.0. The number of esters is 1. The van der Waals surface area contributed by atoms with Gasteiger partial charge in [0.05, 0.1) is 5.94 Å². The predicted octanol–water partition coefficient (Wildman–Crippen LogP) is 3.12. The van der Waals surface area contributed by atoms with Crippen molar-refractivity contribution in [3.63, 3.8) is 0 Å². The summed E-state index contributed by atoms with van der Waals surface area (Å²) >= 11 is 0. The number of nitrogens with one attached hydrogen (secondary N) is 1. The highest BCUT2D eigenvalue weighted by atomic mass is 16.8. The zero-order valence-electron chi connectivity index (χ0n) is 20.7. The molecule has 0 fully saturated rings. The van der Waals surface area contributed by atoms with Gasteiger partial charge in [-0.05, 0) is 44.2 Å². The number of ether oxygens (including phenoxy) is 3. The first-order valence-electron chi connectivity index (χ1n) is 12.0. The Kier molecular flexibility index (Phi) is 11.0. The van der Waals surface area contributed by atoms with Crippen LogP contribution in [0.2, 0.25) is 0 Å². The van der Waals surface area contributed by atoms with Crippen molar-refractivity contribution >= 4 is 30.9 Å². The number of fused-ring (bicyclic) bond motifs is 1. The van der Waals surface area contributed by atoms with E-state index in [9.17, 15) is 24.2 Å². The molecule has 3 unspecified atom stereocenters. The van der Waals surface area contributed by atoms with Gasteiger partial charge in [0.1, 0.15) is 23.2 Å². The largest absolute Gasteiger partial charge is 0.547 e. The van der Waals surface area contributed by atoms with E-state index in [4.69, 9.17) is 18.9 Å². The van der Waals surface area contributed by atoms with Gasteiger partial charge >= 0.3 is 19.2 Å². The molecule has 0 saturated heterocycles. The minimum absolute atomic E-state index is 0.00503. The van der Waals surface area contributed by atoms with E-state index in [0.29, 0.717) is 31.2 Å². The summed E-state index contributed by atoms with van der Waals surface area (Å²) in [5, 5.41) is 13.1. The van der Waals surface area contributed by atoms with E-state index < -0.39 is 31.5 Å². The maximum Gasteiger partial charge on any atom is 0.547 e. The molecule has 0 bridgehead atoms. The fraction of sp³-hybridized carbons (Fsp3) is 0.583. The fourth-order valence-corrected chi connectivity index (χ4v) is 3.69. The number of carbonyl (C=O) groups is 4. The summed E-state index contributed by atoms with van der Waals surface area (Å²) in [6.07, 6.45) is 0.910. The van der Waals surface area contributed by atoms with Gasteiger partial charge in [-0.2, -0.15) is 0 Å². The molecule has 2 rings (SSSR count). The number of hydrogen-bond donors (Lipinski definition) is 2. The van der Waals surface area contributed by atoms with Gasteiger partial charge in [0.2, 0.25) is 12.2 Å². The third-order valence-corrected chi connectivity index (χ3v) is 5.48. The van der Waals surface area contributed by atoms with Crippen LogP contribution in [0, 0.1) is 0 Å². The molecule has 192 valence electrons. The first-order chi connectivity index (χ1) is 16.6. The first kappa shape index (κ1) is 28.2. The Morgan fingerprint density at radius 1 is 1.17 bits per heavy atom. The Labute approximate surface area is 205 Å². The van der Waals surface area contributed by atoms with E-state index >= 15 is 0 Å². The molecular formula is C24H34BNO9. The van der Waals surface area contributed by atoms with Crippen LogP contribution in [0.25, 0.3) is 0 Å². The summed E-state index contributed by atoms with van der Waals surface area (Å²) in [6, 6.07) is 4.80. The minimum atomic E-state index is -1.39. The maximum absolute atomic E-state index is 12.7. The highest BCUT2D eigenvalue weighted by molar-refractivity contribution is 6.47. The van der Waals surface area contributed by atoms with E-state index in [1.165, 1.54) is 19.9 Å². The maximum atomic E-state index is 12.7. The van der Waals surface area contributed by atoms with Crippen LogP contribution in [0.15, 0.2) is 18.2 Å². The molecule has 0 radical (unpaired) electrons. The lowest BCUT2D eigenvalue weighted by molar-refractivity contribution is -0.122. The SMILES string of the molecule is CCCC(CC)OC(=O)OC(C)OC(=O)c1cccc2c1OB(O)C(NC(=O)CCCC(C)=O)C2. The number of hydrogen-bond acceptors (Lipinski definition) is 9. The molecule has 0 saturated carbocycles. The number of ketones is 1. The molecule has 0 aliphatic carbocycles. The second-order valence-electron chi connectivity index (χ2n) is 8.51. The Morgan fingerprint density at radius 2 is 1.91 bits per heavy atom. The van der Waals surface area contributed by atoms with Crippen LogP contribution in [-0.2, 0) is 30.2 Å². The van der Waals surface area contributed by atoms with E-state index in [1.807, 2.05) is 13.8 Å². The van der Waals surface area contributed by atoms with Crippen molar-refractivity contribution in [2.24, 2.45) is 0 Å². The van der Waals surface area contributed by atoms with Crippen molar-refractivity contribution in [3.05, 3.63) is 29.3 Å². The summed E-state index contributed by atoms with van der Waals surface area (Å²) in [7, 11) is -1.39. The molecule has 0 aromatic heterocycles. The second kappa shape index (κ2) is 13.7. The lowest BCUT2D eigenvalue weighted by Gasteiger charge is -2.29. The van der Waals surface area contributed by atoms with Crippen molar-refractivity contribution in [2.45, 2.75) is 91.0 Å². The van der Waals surface area contributed by atoms with Gasteiger partial charge in [0.25, 0.3) is 0 Å². The second-order valence-corrected chi connectivity index (χ2v) is 8.51. The summed E-state index contributed by atoms with van der Waals surface area (Å²) in [6.45, 7) is 6.73. The van der Waals surface area contributed by atoms with Crippen molar-refractivity contribution in [1.82, 2.24) is 5.32 Å². The number of amides is 1. The highest BCUT2D eigenvalue weighted by Crippen LogP contribution is 2.31. The molecule has 1 heterocycles. The number of para-hydroxylation sites is 1. The lowest BCUT2D eigenvalue weighted by atomic mass is 9.72. The third kappa shape index (κ3) is 8.90. The van der Waals surface area contributed by atoms with Crippen molar-refractivity contribution in [1.29, 1.82) is 0 Å². The molecule has 1 aromatic carbocycles. The lowest BCUT2D eigenvalue weighted by Crippen LogP contribution is -2.53. The van der Waals surface area contributed by atoms with E-state index in [-0.39, 0.29) is 41.9 Å². The molecule has 1 aromatic rings. The zero-order chi connectivity index (χ0) is 26.0. The van der Waals surface area contributed by atoms with Crippen molar-refractivity contribution < 1.29 is 43.1 Å². The Morgan fingerprint density at radius 3 is 2.57 bits per heavy atom. The smallest absolute Gasteiger partial charge is 0.534 e. The van der Waals surface area contributed by atoms with Crippen LogP contribution in [0.1, 0.15) is 82.1 Å². The van der Waals surface area contributed by atoms with Gasteiger partial charge in [0.15, 0.2) is 0 Å². The van der Waals surface area contributed by atoms with Crippen molar-refractivity contribution in [3.8, 4) is 5.75 Å². The Balaban J connectivity index is 1.97. The Bertz CT molecular complexity index is 907. The molecule has 11 heteroatoms. The topological polar surface area (TPSA) is 137 Å². The highest BCUT2D eigenvalue weighted by Gasteiger charge is 2.38. The van der Waals surface area contributed by atoms with Crippen LogP contribution in [0.5, 0.6) is 5.75 Å². The quantitative estimate of drug-likeness (QED) is 0.257. The number of rotatable bonds is 12. The van der Waals surface area contributed by atoms with Crippen LogP contribution >= 0.6 is 0 Å². The van der Waals surface area contributed by atoms with Gasteiger partial charge in [-0.15, -0.1) is 0 Å². The third-order valence-electron chi connectivity index (χ3n) is 5.48. The van der Waals surface area contributed by atoms with E-state index in [0.717, 1.165) is 6.42 Å². The van der Waals surface area contributed by atoms with Crippen LogP contribution in [0.4, 0.5) is 4.79 Å². The van der Waals surface area contributed by atoms with Gasteiger partial charge in [-0.25, -0.2) is 9.59 Å². The molecule has 1 aliphatic heterocycles. The number of benzene rings is 1. The standard InChI is InChI=1S/C24H34BNO9/c1-5-9-18(6-2)34-24(30)33-16(4)32-23(29)19-12-8-11-17-14-20(25(31)35-22(17)19)26-21(28)13-7-10-15(3)27/h8,11-12,16,18,20,31H,5-7,9-10,13-14H2,1-4H3,(H,26,28). The fourth-order valence-electron chi connectivity index (χ4n) is 3.69. The number of carbonyl (C=O) groups excluding carboxylic acids is 4. The Hall–Kier alpha value is -3.08. The zero-order valence-corrected chi connectivity index (χ0v) is 20.7. The van der Waals surface area contributed by atoms with Gasteiger partial charge < -0.3 is 34.0 Å². The molecular weight excluding hydrogens is 457 g/mol. The van der Waals surface area contributed by atoms with E-state index in [2.05, 4.69) is 5.32 Å². The monoisotopic (exact) mass is 491 g/mol. The molecule has 2 N–H and O–H groups in total. The normalized spacial score (nSPS) is 16.3. The van der Waals surface area contributed by atoms with Crippen molar-refractivity contribution in [2.75, 3.05) is 0 Å². The van der Waals surface area contributed by atoms with Gasteiger partial charge in [-0.3, -0.25) is 4.79 Å². The molecule has 35 heavy (non-hydrogen) atoms. The van der Waals surface area contributed by atoms with Crippen LogP contribution in [0.3, 0.4) is 0 Å². The van der Waals surface area contributed by atoms with Crippen LogP contribution < -0.4 is 9.97 Å². The summed E-state index contributed by atoms with van der Waals surface area (Å²) in [4.78, 5) is 47.9. The average molecular weight is 491 g/mol. The number of Topliss-reactive ketones (excluding diaryl/α,β-unsaturated/α-hetero) is 1. The minimum Gasteiger partial charge on any atom is -0.534 e. The summed E-state index contributed by atoms with van der Waals surface area (Å²) in [5.74, 6) is -1.69. The average Bonchev–Trinajstić information content (AvgIpc) is 2.78. The molecule has 10 nitrogen and oxygen atoms in total. The van der Waals surface area contributed by atoms with Gasteiger partial charge in [-0.1, -0.05) is 32.4 Å². The summed E-state index contributed by atoms with van der Waals surface area (Å²) in [5.41, 5.74) is 0.645. The predicted molar refractivity (Wildman–Crippen MR) is 127 cm³/mol. The molecule has 1 amide bonds. The van der Waals surface area contributed by atoms with Gasteiger partial charge in [0, 0.05) is 19.8 Å².